The number of quaternary nitrogens is 1. The van der Waals surface area contributed by atoms with Crippen LogP contribution >= 0.6 is 0 Å². The summed E-state index contributed by atoms with van der Waals surface area (Å²) in [6, 6.07) is 11.6. The Bertz CT molecular complexity index is 683. The maximum atomic E-state index is 7.03. The molecule has 0 saturated heterocycles. The van der Waals surface area contributed by atoms with Crippen LogP contribution in [0.3, 0.4) is 0 Å². The molecule has 29 heavy (non-hydrogen) atoms. The molecule has 0 amide bonds. The summed E-state index contributed by atoms with van der Waals surface area (Å²) < 4.78 is 0.897. The van der Waals surface area contributed by atoms with E-state index in [4.69, 9.17) is 4.84 Å². The number of hydrogen-bond acceptors (Lipinski definition) is 1. The van der Waals surface area contributed by atoms with Crippen molar-refractivity contribution in [2.75, 3.05) is 7.11 Å². The van der Waals surface area contributed by atoms with Crippen LogP contribution in [0.2, 0.25) is 0 Å². The van der Waals surface area contributed by atoms with E-state index in [1.165, 1.54) is 82.7 Å². The van der Waals surface area contributed by atoms with Gasteiger partial charge < -0.3 is 0 Å². The molecule has 8 fully saturated rings. The summed E-state index contributed by atoms with van der Waals surface area (Å²) in [5.74, 6) is 5.79. The minimum atomic E-state index is 0.330. The third-order valence-corrected chi connectivity index (χ3v) is 10.7. The number of para-hydroxylation sites is 1. The fraction of sp³-hybridized carbons (Fsp3) is 0.778. The number of rotatable bonds is 4. The summed E-state index contributed by atoms with van der Waals surface area (Å²) in [6.07, 6.45) is 17.6. The van der Waals surface area contributed by atoms with Crippen molar-refractivity contribution in [1.82, 2.24) is 4.65 Å². The molecule has 0 N–H and O–H groups in total. The first kappa shape index (κ1) is 17.8. The Balaban J connectivity index is 1.45. The topological polar surface area (TPSA) is 9.23 Å². The summed E-state index contributed by atoms with van der Waals surface area (Å²) in [5.41, 5.74) is 2.14. The van der Waals surface area contributed by atoms with Gasteiger partial charge in [-0.1, -0.05) is 18.2 Å². The van der Waals surface area contributed by atoms with Crippen LogP contribution < -0.4 is 4.65 Å². The van der Waals surface area contributed by atoms with Gasteiger partial charge in [0.2, 0.25) is 0 Å². The SMILES string of the molecule is CO[N+](c1ccccc1)(C12CC3CC(CC(C3)C1)C2)C12CC3CC(CC(C3)C1)C2. The molecule has 0 spiro atoms. The van der Waals surface area contributed by atoms with Gasteiger partial charge in [-0.3, -0.25) is 0 Å². The molecule has 9 rings (SSSR count). The van der Waals surface area contributed by atoms with Crippen LogP contribution in [-0.2, 0) is 4.84 Å². The van der Waals surface area contributed by atoms with E-state index in [0.717, 1.165) is 40.2 Å². The van der Waals surface area contributed by atoms with Crippen LogP contribution in [0.4, 0.5) is 5.69 Å². The molecular weight excluding hydrogens is 354 g/mol. The molecule has 0 aromatic heterocycles. The zero-order valence-corrected chi connectivity index (χ0v) is 18.2. The molecule has 0 unspecified atom stereocenters. The number of hydroxylamine groups is 2. The van der Waals surface area contributed by atoms with E-state index in [2.05, 4.69) is 37.4 Å². The first-order valence-electron chi connectivity index (χ1n) is 12.6. The lowest BCUT2D eigenvalue weighted by atomic mass is 9.48. The van der Waals surface area contributed by atoms with Gasteiger partial charge in [0, 0.05) is 50.7 Å². The highest BCUT2D eigenvalue weighted by atomic mass is 16.7. The molecule has 0 heterocycles. The van der Waals surface area contributed by atoms with E-state index in [1.54, 1.807) is 0 Å². The standard InChI is InChI=1S/C27H38NO/c1-29-28(25-5-3-2-4-6-25,26-13-19-7-20(14-26)9-21(8-19)15-26)27-16-22-10-23(17-27)12-24(11-22)18-27/h2-6,19-24H,7-18H2,1H3/q+1. The van der Waals surface area contributed by atoms with Gasteiger partial charge in [0.05, 0.1) is 7.11 Å². The second-order valence-electron chi connectivity index (χ2n) is 12.4. The van der Waals surface area contributed by atoms with Gasteiger partial charge in [-0.15, -0.1) is 4.65 Å². The lowest BCUT2D eigenvalue weighted by Gasteiger charge is -2.70. The Labute approximate surface area is 176 Å². The maximum Gasteiger partial charge on any atom is 0.166 e. The Morgan fingerprint density at radius 3 is 1.28 bits per heavy atom. The van der Waals surface area contributed by atoms with Gasteiger partial charge >= 0.3 is 0 Å². The maximum absolute atomic E-state index is 7.03. The van der Waals surface area contributed by atoms with Crippen molar-refractivity contribution in [3.05, 3.63) is 30.3 Å². The predicted molar refractivity (Wildman–Crippen MR) is 117 cm³/mol. The second kappa shape index (κ2) is 5.88. The van der Waals surface area contributed by atoms with Crippen molar-refractivity contribution in [2.45, 2.75) is 88.1 Å². The molecule has 8 saturated carbocycles. The third-order valence-electron chi connectivity index (χ3n) is 10.7. The van der Waals surface area contributed by atoms with Crippen LogP contribution in [0.5, 0.6) is 0 Å². The predicted octanol–water partition coefficient (Wildman–Crippen LogP) is 6.49. The van der Waals surface area contributed by atoms with Gasteiger partial charge in [-0.2, -0.15) is 4.84 Å². The van der Waals surface area contributed by atoms with Gasteiger partial charge in [0.15, 0.2) is 5.69 Å². The molecule has 2 nitrogen and oxygen atoms in total. The quantitative estimate of drug-likeness (QED) is 0.420. The summed E-state index contributed by atoms with van der Waals surface area (Å²) >= 11 is 0. The summed E-state index contributed by atoms with van der Waals surface area (Å²) in [4.78, 5) is 7.03. The molecule has 2 heteroatoms. The summed E-state index contributed by atoms with van der Waals surface area (Å²) in [7, 11) is 2.09. The molecule has 8 aliphatic rings. The molecule has 1 aromatic rings. The van der Waals surface area contributed by atoms with E-state index < -0.39 is 0 Å². The van der Waals surface area contributed by atoms with Crippen molar-refractivity contribution in [2.24, 2.45) is 35.5 Å². The normalized spacial score (nSPS) is 51.3. The molecule has 0 aliphatic heterocycles. The molecule has 8 aliphatic carbocycles. The lowest BCUT2D eigenvalue weighted by Crippen LogP contribution is -2.81. The average molecular weight is 393 g/mol. The highest BCUT2D eigenvalue weighted by molar-refractivity contribution is 5.47. The van der Waals surface area contributed by atoms with Gasteiger partial charge in [-0.05, 0) is 74.0 Å². The van der Waals surface area contributed by atoms with Crippen molar-refractivity contribution in [3.63, 3.8) is 0 Å². The highest BCUT2D eigenvalue weighted by Crippen LogP contribution is 2.68. The molecule has 1 aromatic carbocycles. The first-order valence-corrected chi connectivity index (χ1v) is 12.6. The van der Waals surface area contributed by atoms with Crippen molar-refractivity contribution >= 4 is 5.69 Å². The van der Waals surface area contributed by atoms with E-state index in [-0.39, 0.29) is 0 Å². The minimum Gasteiger partial charge on any atom is -0.200 e. The van der Waals surface area contributed by atoms with Crippen LogP contribution in [0.25, 0.3) is 0 Å². The van der Waals surface area contributed by atoms with Crippen LogP contribution in [0, 0.1) is 35.5 Å². The average Bonchev–Trinajstić information content (AvgIpc) is 2.67. The number of nitrogens with zero attached hydrogens (tertiary/aromatic N) is 1. The second-order valence-corrected chi connectivity index (χ2v) is 12.4. The fourth-order valence-electron chi connectivity index (χ4n) is 11.1. The zero-order valence-electron chi connectivity index (χ0n) is 18.2. The fourth-order valence-corrected chi connectivity index (χ4v) is 11.1. The van der Waals surface area contributed by atoms with Crippen LogP contribution in [0.1, 0.15) is 77.0 Å². The third kappa shape index (κ3) is 2.21. The minimum absolute atomic E-state index is 0.330. The van der Waals surface area contributed by atoms with Crippen molar-refractivity contribution in [3.8, 4) is 0 Å². The van der Waals surface area contributed by atoms with Crippen molar-refractivity contribution < 1.29 is 4.84 Å². The monoisotopic (exact) mass is 392 g/mol. The molecule has 0 atom stereocenters. The molecule has 0 radical (unpaired) electrons. The zero-order chi connectivity index (χ0) is 19.3. The summed E-state index contributed by atoms with van der Waals surface area (Å²) in [6.45, 7) is 0. The smallest absolute Gasteiger partial charge is 0.166 e. The van der Waals surface area contributed by atoms with E-state index in [9.17, 15) is 0 Å². The number of benzene rings is 1. The van der Waals surface area contributed by atoms with Gasteiger partial charge in [0.1, 0.15) is 11.1 Å². The molecule has 8 bridgehead atoms. The largest absolute Gasteiger partial charge is 0.200 e. The lowest BCUT2D eigenvalue weighted by molar-refractivity contribution is -0.310. The van der Waals surface area contributed by atoms with Crippen LogP contribution in [-0.4, -0.2) is 18.2 Å². The Kier molecular flexibility index (Phi) is 3.61. The van der Waals surface area contributed by atoms with E-state index >= 15 is 0 Å². The Hall–Kier alpha value is -0.860. The first-order chi connectivity index (χ1) is 14.1. The Morgan fingerprint density at radius 1 is 0.621 bits per heavy atom. The molecule has 156 valence electrons. The van der Waals surface area contributed by atoms with Gasteiger partial charge in [0.25, 0.3) is 0 Å². The number of hydrogen-bond donors (Lipinski definition) is 0. The molecular formula is C27H38NO+. The van der Waals surface area contributed by atoms with Crippen molar-refractivity contribution in [1.29, 1.82) is 0 Å². The summed E-state index contributed by atoms with van der Waals surface area (Å²) in [5, 5.41) is 0. The van der Waals surface area contributed by atoms with Crippen LogP contribution in [0.15, 0.2) is 30.3 Å². The van der Waals surface area contributed by atoms with Gasteiger partial charge in [-0.25, -0.2) is 0 Å². The van der Waals surface area contributed by atoms with E-state index in [1.807, 2.05) is 0 Å². The van der Waals surface area contributed by atoms with E-state index in [0.29, 0.717) is 11.1 Å². The Morgan fingerprint density at radius 2 is 0.966 bits per heavy atom. The highest BCUT2D eigenvalue weighted by Gasteiger charge is 2.73.